The number of carbonyl (C=O) groups is 2. The molecule has 0 aliphatic rings. The molecule has 0 saturated heterocycles. The summed E-state index contributed by atoms with van der Waals surface area (Å²) < 4.78 is 10.2. The van der Waals surface area contributed by atoms with E-state index in [0.717, 1.165) is 11.3 Å². The van der Waals surface area contributed by atoms with E-state index < -0.39 is 0 Å². The first-order chi connectivity index (χ1) is 12.9. The molecule has 6 nitrogen and oxygen atoms in total. The first-order valence-corrected chi connectivity index (χ1v) is 8.83. The van der Waals surface area contributed by atoms with Crippen molar-refractivity contribution in [3.05, 3.63) is 53.1 Å². The smallest absolute Gasteiger partial charge is 0.240 e. The van der Waals surface area contributed by atoms with Gasteiger partial charge in [-0.1, -0.05) is 23.7 Å². The first kappa shape index (κ1) is 20.6. The third-order valence-corrected chi connectivity index (χ3v) is 4.32. The first-order valence-electron chi connectivity index (χ1n) is 8.46. The number of carbonyl (C=O) groups excluding carboxylic acids is 2. The van der Waals surface area contributed by atoms with Gasteiger partial charge in [0.1, 0.15) is 18.0 Å². The van der Waals surface area contributed by atoms with Crippen LogP contribution in [-0.4, -0.2) is 39.1 Å². The molecule has 0 atom stereocenters. The van der Waals surface area contributed by atoms with Crippen molar-refractivity contribution in [1.82, 2.24) is 5.32 Å². The molecule has 2 aromatic carbocycles. The molecule has 27 heavy (non-hydrogen) atoms. The molecule has 0 saturated carbocycles. The van der Waals surface area contributed by atoms with Crippen LogP contribution in [0, 0.1) is 0 Å². The molecule has 0 aliphatic carbocycles. The van der Waals surface area contributed by atoms with Crippen LogP contribution in [0.2, 0.25) is 5.02 Å². The van der Waals surface area contributed by atoms with Gasteiger partial charge in [0.2, 0.25) is 11.8 Å². The number of hydrogen-bond donors (Lipinski definition) is 1. The Labute approximate surface area is 164 Å². The molecule has 144 valence electrons. The average Bonchev–Trinajstić information content (AvgIpc) is 2.66. The summed E-state index contributed by atoms with van der Waals surface area (Å²) in [7, 11) is 3.13. The van der Waals surface area contributed by atoms with E-state index in [-0.39, 0.29) is 18.4 Å². The van der Waals surface area contributed by atoms with Crippen molar-refractivity contribution >= 4 is 29.1 Å². The molecular weight excluding hydrogens is 368 g/mol. The minimum atomic E-state index is -0.249. The summed E-state index contributed by atoms with van der Waals surface area (Å²) in [6, 6.07) is 12.6. The second kappa shape index (κ2) is 9.83. The van der Waals surface area contributed by atoms with Gasteiger partial charge < -0.3 is 19.7 Å². The summed E-state index contributed by atoms with van der Waals surface area (Å²) in [5.41, 5.74) is 1.63. The van der Waals surface area contributed by atoms with E-state index >= 15 is 0 Å². The lowest BCUT2D eigenvalue weighted by atomic mass is 10.1. The fourth-order valence-electron chi connectivity index (χ4n) is 2.55. The Morgan fingerprint density at radius 1 is 1.07 bits per heavy atom. The lowest BCUT2D eigenvalue weighted by Crippen LogP contribution is -2.40. The number of hydrogen-bond acceptors (Lipinski definition) is 4. The van der Waals surface area contributed by atoms with E-state index in [1.807, 2.05) is 24.3 Å². The molecule has 7 heteroatoms. The van der Waals surface area contributed by atoms with Crippen LogP contribution in [-0.2, 0) is 16.0 Å². The minimum absolute atomic E-state index is 0.0827. The largest absolute Gasteiger partial charge is 0.497 e. The maximum Gasteiger partial charge on any atom is 0.240 e. The maximum absolute atomic E-state index is 12.2. The van der Waals surface area contributed by atoms with Crippen molar-refractivity contribution < 1.29 is 19.1 Å². The van der Waals surface area contributed by atoms with Gasteiger partial charge in [-0.3, -0.25) is 9.59 Å². The van der Waals surface area contributed by atoms with Crippen molar-refractivity contribution in [3.63, 3.8) is 0 Å². The highest BCUT2D eigenvalue weighted by Gasteiger charge is 2.17. The van der Waals surface area contributed by atoms with Crippen molar-refractivity contribution in [1.29, 1.82) is 0 Å². The number of nitrogens with one attached hydrogen (secondary N) is 1. The van der Waals surface area contributed by atoms with Crippen molar-refractivity contribution in [2.45, 2.75) is 13.3 Å². The summed E-state index contributed by atoms with van der Waals surface area (Å²) in [6.07, 6.45) is 0.685. The highest BCUT2D eigenvalue weighted by molar-refractivity contribution is 6.32. The standard InChI is InChI=1S/C20H23ClN2O4/c1-14(24)23(16-6-9-19(27-3)18(21)12-16)13-20(25)22-11-10-15-4-7-17(26-2)8-5-15/h4-9,12H,10-11,13H2,1-3H3,(H,22,25). The molecule has 0 aromatic heterocycles. The summed E-state index contributed by atoms with van der Waals surface area (Å²) in [5.74, 6) is 0.804. The second-order valence-electron chi connectivity index (χ2n) is 5.87. The quantitative estimate of drug-likeness (QED) is 0.752. The fourth-order valence-corrected chi connectivity index (χ4v) is 2.80. The number of benzene rings is 2. The predicted molar refractivity (Wildman–Crippen MR) is 106 cm³/mol. The highest BCUT2D eigenvalue weighted by Crippen LogP contribution is 2.29. The SMILES string of the molecule is COc1ccc(CCNC(=O)CN(C(C)=O)c2ccc(OC)c(Cl)c2)cc1. The van der Waals surface area contributed by atoms with Crippen LogP contribution in [0.25, 0.3) is 0 Å². The third kappa shape index (κ3) is 5.89. The maximum atomic E-state index is 12.2. The van der Waals surface area contributed by atoms with Gasteiger partial charge in [-0.25, -0.2) is 0 Å². The van der Waals surface area contributed by atoms with Crippen LogP contribution in [0.4, 0.5) is 5.69 Å². The van der Waals surface area contributed by atoms with E-state index in [2.05, 4.69) is 5.32 Å². The number of rotatable bonds is 8. The van der Waals surface area contributed by atoms with Gasteiger partial charge in [0.05, 0.1) is 19.2 Å². The van der Waals surface area contributed by atoms with E-state index in [0.29, 0.717) is 29.4 Å². The van der Waals surface area contributed by atoms with Gasteiger partial charge in [-0.15, -0.1) is 0 Å². The van der Waals surface area contributed by atoms with Gasteiger partial charge in [-0.05, 0) is 42.3 Å². The van der Waals surface area contributed by atoms with Crippen molar-refractivity contribution in [3.8, 4) is 11.5 Å². The summed E-state index contributed by atoms with van der Waals surface area (Å²) in [4.78, 5) is 25.6. The van der Waals surface area contributed by atoms with E-state index in [1.165, 1.54) is 18.9 Å². The second-order valence-corrected chi connectivity index (χ2v) is 6.28. The number of nitrogens with zero attached hydrogens (tertiary/aromatic N) is 1. The summed E-state index contributed by atoms with van der Waals surface area (Å²) in [5, 5.41) is 3.21. The van der Waals surface area contributed by atoms with E-state index in [4.69, 9.17) is 21.1 Å². The highest BCUT2D eigenvalue weighted by atomic mass is 35.5. The lowest BCUT2D eigenvalue weighted by molar-refractivity contribution is -0.123. The molecular formula is C20H23ClN2O4. The monoisotopic (exact) mass is 390 g/mol. The van der Waals surface area contributed by atoms with E-state index in [9.17, 15) is 9.59 Å². The number of anilines is 1. The Balaban J connectivity index is 1.92. The van der Waals surface area contributed by atoms with Crippen LogP contribution in [0.1, 0.15) is 12.5 Å². The van der Waals surface area contributed by atoms with Crippen LogP contribution in [0.5, 0.6) is 11.5 Å². The molecule has 1 N–H and O–H groups in total. The molecule has 0 bridgehead atoms. The number of ether oxygens (including phenoxy) is 2. The molecule has 0 spiro atoms. The van der Waals surface area contributed by atoms with Gasteiger partial charge in [-0.2, -0.15) is 0 Å². The van der Waals surface area contributed by atoms with Gasteiger partial charge in [0.25, 0.3) is 0 Å². The van der Waals surface area contributed by atoms with E-state index in [1.54, 1.807) is 25.3 Å². The van der Waals surface area contributed by atoms with Gasteiger partial charge in [0, 0.05) is 19.2 Å². The molecule has 0 heterocycles. The topological polar surface area (TPSA) is 67.9 Å². The molecule has 0 unspecified atom stereocenters. The Kier molecular flexibility index (Phi) is 7.49. The predicted octanol–water partition coefficient (Wildman–Crippen LogP) is 3.07. The van der Waals surface area contributed by atoms with Crippen LogP contribution < -0.4 is 19.7 Å². The summed E-state index contributed by atoms with van der Waals surface area (Å²) in [6.45, 7) is 1.80. The zero-order chi connectivity index (χ0) is 19.8. The molecule has 2 amide bonds. The third-order valence-electron chi connectivity index (χ3n) is 4.02. The Morgan fingerprint density at radius 3 is 2.33 bits per heavy atom. The van der Waals surface area contributed by atoms with Crippen LogP contribution in [0.3, 0.4) is 0 Å². The summed E-state index contributed by atoms with van der Waals surface area (Å²) >= 11 is 6.12. The number of amides is 2. The molecule has 0 radical (unpaired) electrons. The number of halogens is 1. The van der Waals surface area contributed by atoms with Crippen molar-refractivity contribution in [2.24, 2.45) is 0 Å². The molecule has 0 fully saturated rings. The van der Waals surface area contributed by atoms with Crippen LogP contribution in [0.15, 0.2) is 42.5 Å². The van der Waals surface area contributed by atoms with Crippen LogP contribution >= 0.6 is 11.6 Å². The Bertz CT molecular complexity index is 793. The lowest BCUT2D eigenvalue weighted by Gasteiger charge is -2.21. The van der Waals surface area contributed by atoms with Gasteiger partial charge in [0.15, 0.2) is 0 Å². The minimum Gasteiger partial charge on any atom is -0.497 e. The normalized spacial score (nSPS) is 10.2. The molecule has 2 rings (SSSR count). The van der Waals surface area contributed by atoms with Crippen molar-refractivity contribution in [2.75, 3.05) is 32.2 Å². The Hall–Kier alpha value is -2.73. The number of methoxy groups -OCH3 is 2. The molecule has 0 aliphatic heterocycles. The fraction of sp³-hybridized carbons (Fsp3) is 0.300. The Morgan fingerprint density at radius 2 is 1.78 bits per heavy atom. The van der Waals surface area contributed by atoms with Gasteiger partial charge >= 0.3 is 0 Å². The molecule has 2 aromatic rings. The zero-order valence-electron chi connectivity index (χ0n) is 15.6. The zero-order valence-corrected chi connectivity index (χ0v) is 16.4. The average molecular weight is 391 g/mol.